The van der Waals surface area contributed by atoms with Crippen LogP contribution in [0.1, 0.15) is 77.0 Å². The summed E-state index contributed by atoms with van der Waals surface area (Å²) in [6.45, 7) is 3.96. The van der Waals surface area contributed by atoms with Gasteiger partial charge in [-0.2, -0.15) is 0 Å². The van der Waals surface area contributed by atoms with Crippen molar-refractivity contribution in [2.75, 3.05) is 0 Å². The first-order chi connectivity index (χ1) is 12.3. The van der Waals surface area contributed by atoms with Gasteiger partial charge in [-0.25, -0.2) is 0 Å². The maximum absolute atomic E-state index is 6.53. The minimum atomic E-state index is -2.88. The van der Waals surface area contributed by atoms with E-state index in [1.54, 1.807) is 0 Å². The standard InChI is InChI=1S/C21H32O3Si/c1-2-18-25(22-19-12-6-3-7-13-19,23-20-14-8-4-9-15-20)24-21-16-10-5-11-17-21/h2,12,14,16H,1,3-11,13,15,17-18H2. The highest BCUT2D eigenvalue weighted by atomic mass is 28.4. The van der Waals surface area contributed by atoms with Crippen LogP contribution in [-0.4, -0.2) is 8.80 Å². The Hall–Kier alpha value is -1.42. The first-order valence-electron chi connectivity index (χ1n) is 10.0. The lowest BCUT2D eigenvalue weighted by Gasteiger charge is -2.34. The molecule has 0 amide bonds. The van der Waals surface area contributed by atoms with Gasteiger partial charge in [-0.15, -0.1) is 6.58 Å². The van der Waals surface area contributed by atoms with E-state index in [0.717, 1.165) is 55.8 Å². The molecular weight excluding hydrogens is 328 g/mol. The average molecular weight is 361 g/mol. The molecule has 3 aliphatic carbocycles. The van der Waals surface area contributed by atoms with Gasteiger partial charge in [0.15, 0.2) is 0 Å². The van der Waals surface area contributed by atoms with E-state index in [-0.39, 0.29) is 0 Å². The van der Waals surface area contributed by atoms with Crippen molar-refractivity contribution in [2.45, 2.75) is 83.1 Å². The third-order valence-electron chi connectivity index (χ3n) is 5.00. The zero-order valence-corrected chi connectivity index (χ0v) is 16.4. The molecule has 0 spiro atoms. The summed E-state index contributed by atoms with van der Waals surface area (Å²) in [5.74, 6) is 3.19. The molecule has 3 aliphatic rings. The Morgan fingerprint density at radius 3 is 1.40 bits per heavy atom. The molecule has 0 unspecified atom stereocenters. The topological polar surface area (TPSA) is 27.7 Å². The van der Waals surface area contributed by atoms with Gasteiger partial charge < -0.3 is 13.3 Å². The smallest absolute Gasteiger partial charge is 0.487 e. The van der Waals surface area contributed by atoms with Gasteiger partial charge in [0.05, 0.1) is 23.3 Å². The van der Waals surface area contributed by atoms with Gasteiger partial charge in [0.25, 0.3) is 0 Å². The Labute approximate surface area is 153 Å². The Bertz CT molecular complexity index is 478. The molecule has 138 valence electrons. The summed E-state index contributed by atoms with van der Waals surface area (Å²) < 4.78 is 19.6. The molecule has 0 saturated carbocycles. The maximum atomic E-state index is 6.53. The second-order valence-electron chi connectivity index (χ2n) is 7.23. The molecule has 25 heavy (non-hydrogen) atoms. The minimum Gasteiger partial charge on any atom is -0.487 e. The monoisotopic (exact) mass is 360 g/mol. The number of allylic oxidation sites excluding steroid dienone is 7. The summed E-state index contributed by atoms with van der Waals surface area (Å²) >= 11 is 0. The van der Waals surface area contributed by atoms with Crippen molar-refractivity contribution < 1.29 is 13.3 Å². The zero-order valence-electron chi connectivity index (χ0n) is 15.4. The first-order valence-corrected chi connectivity index (χ1v) is 12.0. The lowest BCUT2D eigenvalue weighted by molar-refractivity contribution is 0.129. The van der Waals surface area contributed by atoms with Gasteiger partial charge in [-0.3, -0.25) is 0 Å². The van der Waals surface area contributed by atoms with Crippen LogP contribution in [0.15, 0.2) is 48.2 Å². The number of hydrogen-bond acceptors (Lipinski definition) is 3. The summed E-state index contributed by atoms with van der Waals surface area (Å²) in [5, 5.41) is 0. The summed E-state index contributed by atoms with van der Waals surface area (Å²) in [6.07, 6.45) is 22.2. The minimum absolute atomic E-state index is 0.652. The van der Waals surface area contributed by atoms with E-state index < -0.39 is 8.80 Å². The molecule has 0 aliphatic heterocycles. The van der Waals surface area contributed by atoms with Crippen LogP contribution >= 0.6 is 0 Å². The van der Waals surface area contributed by atoms with Crippen LogP contribution in [0.25, 0.3) is 0 Å². The van der Waals surface area contributed by atoms with Gasteiger partial charge in [0.1, 0.15) is 0 Å². The lowest BCUT2D eigenvalue weighted by atomic mass is 10.1. The molecule has 0 saturated heterocycles. The molecular formula is C21H32O3Si. The highest BCUT2D eigenvalue weighted by molar-refractivity contribution is 6.62. The second kappa shape index (κ2) is 9.32. The molecule has 3 rings (SSSR count). The van der Waals surface area contributed by atoms with Crippen LogP contribution in [0.5, 0.6) is 0 Å². The quantitative estimate of drug-likeness (QED) is 0.363. The normalized spacial score (nSPS) is 21.5. The van der Waals surface area contributed by atoms with E-state index in [1.165, 1.54) is 38.5 Å². The third-order valence-corrected chi connectivity index (χ3v) is 7.51. The highest BCUT2D eigenvalue weighted by Crippen LogP contribution is 2.33. The molecule has 0 aromatic rings. The summed E-state index contributed by atoms with van der Waals surface area (Å²) in [4.78, 5) is 0. The van der Waals surface area contributed by atoms with Crippen molar-refractivity contribution in [3.63, 3.8) is 0 Å². The van der Waals surface area contributed by atoms with Gasteiger partial charge in [0.2, 0.25) is 0 Å². The number of rotatable bonds is 8. The Morgan fingerprint density at radius 1 is 0.720 bits per heavy atom. The van der Waals surface area contributed by atoms with Gasteiger partial charge in [0, 0.05) is 19.3 Å². The fraction of sp³-hybridized carbons (Fsp3) is 0.619. The van der Waals surface area contributed by atoms with E-state index in [9.17, 15) is 0 Å². The van der Waals surface area contributed by atoms with E-state index in [2.05, 4.69) is 24.8 Å². The van der Waals surface area contributed by atoms with Crippen LogP contribution in [0.2, 0.25) is 6.04 Å². The van der Waals surface area contributed by atoms with E-state index in [0.29, 0.717) is 6.04 Å². The van der Waals surface area contributed by atoms with Crippen molar-refractivity contribution >= 4 is 8.80 Å². The molecule has 0 aromatic heterocycles. The molecule has 3 nitrogen and oxygen atoms in total. The van der Waals surface area contributed by atoms with Crippen molar-refractivity contribution in [1.82, 2.24) is 0 Å². The van der Waals surface area contributed by atoms with Crippen LogP contribution in [0, 0.1) is 0 Å². The Balaban J connectivity index is 1.81. The predicted octanol–water partition coefficient (Wildman–Crippen LogP) is 6.53. The van der Waals surface area contributed by atoms with Gasteiger partial charge in [-0.05, 0) is 76.0 Å². The van der Waals surface area contributed by atoms with Gasteiger partial charge in [-0.1, -0.05) is 6.08 Å². The van der Waals surface area contributed by atoms with Crippen molar-refractivity contribution in [3.05, 3.63) is 48.2 Å². The van der Waals surface area contributed by atoms with E-state index >= 15 is 0 Å². The largest absolute Gasteiger partial charge is 0.702 e. The summed E-state index contributed by atoms with van der Waals surface area (Å²) in [5.41, 5.74) is 0. The summed E-state index contributed by atoms with van der Waals surface area (Å²) in [6, 6.07) is 0.652. The second-order valence-corrected chi connectivity index (χ2v) is 9.62. The van der Waals surface area contributed by atoms with E-state index in [1.807, 2.05) is 6.08 Å². The Kier molecular flexibility index (Phi) is 6.85. The molecule has 4 heteroatoms. The maximum Gasteiger partial charge on any atom is 0.702 e. The molecule has 0 heterocycles. The summed E-state index contributed by atoms with van der Waals surface area (Å²) in [7, 11) is -2.88. The molecule has 0 aromatic carbocycles. The van der Waals surface area contributed by atoms with E-state index in [4.69, 9.17) is 13.3 Å². The van der Waals surface area contributed by atoms with Gasteiger partial charge >= 0.3 is 8.80 Å². The zero-order chi connectivity index (χ0) is 17.4. The third kappa shape index (κ3) is 5.53. The SMILES string of the molecule is C=CC[Si](OC1=CCCCC1)(OC1=CCCCC1)OC1=CCCCC1. The fourth-order valence-electron chi connectivity index (χ4n) is 3.67. The Morgan fingerprint density at radius 2 is 1.12 bits per heavy atom. The molecule has 0 radical (unpaired) electrons. The molecule has 0 bridgehead atoms. The fourth-order valence-corrected chi connectivity index (χ4v) is 6.15. The van der Waals surface area contributed by atoms with Crippen LogP contribution < -0.4 is 0 Å². The van der Waals surface area contributed by atoms with Crippen LogP contribution in [0.4, 0.5) is 0 Å². The first kappa shape index (κ1) is 18.4. The molecule has 0 fully saturated rings. The van der Waals surface area contributed by atoms with Crippen LogP contribution in [0.3, 0.4) is 0 Å². The van der Waals surface area contributed by atoms with Crippen molar-refractivity contribution in [1.29, 1.82) is 0 Å². The number of hydrogen-bond donors (Lipinski definition) is 0. The molecule has 0 N–H and O–H groups in total. The average Bonchev–Trinajstić information content (AvgIpc) is 2.64. The van der Waals surface area contributed by atoms with Crippen molar-refractivity contribution in [2.24, 2.45) is 0 Å². The lowest BCUT2D eigenvalue weighted by Crippen LogP contribution is -2.45. The predicted molar refractivity (Wildman–Crippen MR) is 104 cm³/mol. The molecule has 0 atom stereocenters. The van der Waals surface area contributed by atoms with Crippen molar-refractivity contribution in [3.8, 4) is 0 Å². The highest BCUT2D eigenvalue weighted by Gasteiger charge is 2.49. The van der Waals surface area contributed by atoms with Crippen LogP contribution in [-0.2, 0) is 13.3 Å².